The minimum atomic E-state index is -2.74. The van der Waals surface area contributed by atoms with E-state index in [4.69, 9.17) is 0 Å². The van der Waals surface area contributed by atoms with Gasteiger partial charge in [-0.1, -0.05) is 64.0 Å². The van der Waals surface area contributed by atoms with Crippen LogP contribution in [0.25, 0.3) is 0 Å². The van der Waals surface area contributed by atoms with Crippen molar-refractivity contribution < 1.29 is 13.5 Å². The number of rotatable bonds is 10. The minimum Gasteiger partial charge on any atom is -0.435 e. The number of hydrogen-bond donors (Lipinski definition) is 0. The van der Waals surface area contributed by atoms with Gasteiger partial charge in [0.25, 0.3) is 0 Å². The molecule has 1 aromatic carbocycles. The molecule has 0 bridgehead atoms. The van der Waals surface area contributed by atoms with Crippen LogP contribution in [0.15, 0.2) is 24.3 Å². The Bertz CT molecular complexity index is 679. The molecule has 0 heterocycles. The number of benzene rings is 1. The van der Waals surface area contributed by atoms with Crippen LogP contribution in [0.2, 0.25) is 0 Å². The van der Waals surface area contributed by atoms with Gasteiger partial charge in [-0.15, -0.1) is 0 Å². The molecule has 3 aliphatic carbocycles. The molecule has 0 amide bonds. The van der Waals surface area contributed by atoms with Crippen molar-refractivity contribution >= 4 is 0 Å². The van der Waals surface area contributed by atoms with Crippen LogP contribution in [0, 0.1) is 29.6 Å². The van der Waals surface area contributed by atoms with Crippen LogP contribution in [0.1, 0.15) is 121 Å². The van der Waals surface area contributed by atoms with Crippen LogP contribution < -0.4 is 4.74 Å². The van der Waals surface area contributed by atoms with Gasteiger partial charge in [-0.2, -0.15) is 8.78 Å². The fourth-order valence-corrected chi connectivity index (χ4v) is 7.59. The molecule has 33 heavy (non-hydrogen) atoms. The molecule has 4 atom stereocenters. The monoisotopic (exact) mass is 460 g/mol. The second-order valence-corrected chi connectivity index (χ2v) is 11.5. The van der Waals surface area contributed by atoms with E-state index >= 15 is 0 Å². The first-order valence-corrected chi connectivity index (χ1v) is 14.2. The average Bonchev–Trinajstić information content (AvgIpc) is 2.84. The molecular weight excluding hydrogens is 414 g/mol. The standard InChI is InChI=1S/C30H46F2O/c1-2-3-4-5-6-7-22-8-9-28-21-27(15-14-26(28)20-22)25-12-10-23(11-13-25)24-16-18-29(19-17-24)33-30(31)32/h16-19,22-23,25-28,30H,2-15,20-21H2,1H3. The van der Waals surface area contributed by atoms with Gasteiger partial charge in [0.1, 0.15) is 5.75 Å². The summed E-state index contributed by atoms with van der Waals surface area (Å²) in [5.41, 5.74) is 1.30. The predicted octanol–water partition coefficient (Wildman–Crippen LogP) is 9.75. The first-order valence-electron chi connectivity index (χ1n) is 14.2. The van der Waals surface area contributed by atoms with E-state index in [1.54, 1.807) is 12.1 Å². The molecule has 4 rings (SSSR count). The summed E-state index contributed by atoms with van der Waals surface area (Å²) in [6, 6.07) is 7.40. The lowest BCUT2D eigenvalue weighted by Crippen LogP contribution is -2.34. The molecule has 186 valence electrons. The molecule has 4 unspecified atom stereocenters. The van der Waals surface area contributed by atoms with Gasteiger partial charge in [0.05, 0.1) is 0 Å². The number of hydrogen-bond acceptors (Lipinski definition) is 1. The maximum absolute atomic E-state index is 12.4. The Labute approximate surface area is 201 Å². The van der Waals surface area contributed by atoms with Crippen LogP contribution in [-0.2, 0) is 0 Å². The largest absolute Gasteiger partial charge is 0.435 e. The van der Waals surface area contributed by atoms with Gasteiger partial charge in [0.15, 0.2) is 0 Å². The van der Waals surface area contributed by atoms with Crippen molar-refractivity contribution in [1.82, 2.24) is 0 Å². The summed E-state index contributed by atoms with van der Waals surface area (Å²) in [6.45, 7) is -0.440. The molecule has 0 saturated heterocycles. The zero-order valence-electron chi connectivity index (χ0n) is 20.8. The summed E-state index contributed by atoms with van der Waals surface area (Å²) in [6.07, 6.45) is 22.8. The van der Waals surface area contributed by atoms with E-state index in [1.165, 1.54) is 108 Å². The molecule has 0 spiro atoms. The van der Waals surface area contributed by atoms with E-state index < -0.39 is 6.61 Å². The quantitative estimate of drug-likeness (QED) is 0.316. The number of unbranched alkanes of at least 4 members (excludes halogenated alkanes) is 4. The molecule has 3 aliphatic rings. The van der Waals surface area contributed by atoms with E-state index in [0.717, 1.165) is 29.6 Å². The van der Waals surface area contributed by atoms with Crippen molar-refractivity contribution in [3.63, 3.8) is 0 Å². The van der Waals surface area contributed by atoms with Gasteiger partial charge in [0, 0.05) is 0 Å². The SMILES string of the molecule is CCCCCCCC1CCC2CC(C3CCC(c4ccc(OC(F)F)cc4)CC3)CCC2C1. The Morgan fingerprint density at radius 2 is 1.33 bits per heavy atom. The highest BCUT2D eigenvalue weighted by molar-refractivity contribution is 5.29. The van der Waals surface area contributed by atoms with Crippen molar-refractivity contribution in [2.45, 2.75) is 122 Å². The topological polar surface area (TPSA) is 9.23 Å². The second-order valence-electron chi connectivity index (χ2n) is 11.5. The number of ether oxygens (including phenoxy) is 1. The molecular formula is C30H46F2O. The Hall–Kier alpha value is -1.12. The number of fused-ring (bicyclic) bond motifs is 1. The Morgan fingerprint density at radius 3 is 2.03 bits per heavy atom. The third-order valence-electron chi connectivity index (χ3n) is 9.49. The molecule has 1 aromatic rings. The Kier molecular flexibility index (Phi) is 9.50. The van der Waals surface area contributed by atoms with E-state index in [2.05, 4.69) is 11.7 Å². The smallest absolute Gasteiger partial charge is 0.387 e. The second kappa shape index (κ2) is 12.5. The lowest BCUT2D eigenvalue weighted by atomic mass is 9.60. The predicted molar refractivity (Wildman–Crippen MR) is 133 cm³/mol. The van der Waals surface area contributed by atoms with Gasteiger partial charge in [-0.3, -0.25) is 0 Å². The van der Waals surface area contributed by atoms with Crippen LogP contribution >= 0.6 is 0 Å². The fourth-order valence-electron chi connectivity index (χ4n) is 7.59. The maximum atomic E-state index is 12.4. The van der Waals surface area contributed by atoms with E-state index in [9.17, 15) is 8.78 Å². The van der Waals surface area contributed by atoms with Crippen molar-refractivity contribution in [3.05, 3.63) is 29.8 Å². The van der Waals surface area contributed by atoms with Crippen molar-refractivity contribution in [2.24, 2.45) is 29.6 Å². The Balaban J connectivity index is 1.17. The fraction of sp³-hybridized carbons (Fsp3) is 0.800. The number of halogens is 2. The lowest BCUT2D eigenvalue weighted by molar-refractivity contribution is -0.0498. The first-order chi connectivity index (χ1) is 16.1. The van der Waals surface area contributed by atoms with Crippen molar-refractivity contribution in [3.8, 4) is 5.75 Å². The summed E-state index contributed by atoms with van der Waals surface area (Å²) in [4.78, 5) is 0. The number of alkyl halides is 2. The van der Waals surface area contributed by atoms with Crippen LogP contribution in [-0.4, -0.2) is 6.61 Å². The van der Waals surface area contributed by atoms with E-state index in [0.29, 0.717) is 5.92 Å². The van der Waals surface area contributed by atoms with Crippen LogP contribution in [0.3, 0.4) is 0 Å². The van der Waals surface area contributed by atoms with Crippen molar-refractivity contribution in [2.75, 3.05) is 0 Å². The summed E-state index contributed by atoms with van der Waals surface area (Å²) < 4.78 is 29.3. The summed E-state index contributed by atoms with van der Waals surface area (Å²) in [5.74, 6) is 5.80. The van der Waals surface area contributed by atoms with E-state index in [-0.39, 0.29) is 5.75 Å². The van der Waals surface area contributed by atoms with Gasteiger partial charge in [-0.05, 0) is 111 Å². The van der Waals surface area contributed by atoms with Gasteiger partial charge in [0.2, 0.25) is 0 Å². The summed E-state index contributed by atoms with van der Waals surface area (Å²) in [7, 11) is 0. The highest BCUT2D eigenvalue weighted by Gasteiger charge is 2.38. The van der Waals surface area contributed by atoms with Crippen LogP contribution in [0.5, 0.6) is 5.75 Å². The van der Waals surface area contributed by atoms with Crippen LogP contribution in [0.4, 0.5) is 8.78 Å². The molecule has 0 radical (unpaired) electrons. The normalized spacial score (nSPS) is 32.5. The zero-order chi connectivity index (χ0) is 23.0. The minimum absolute atomic E-state index is 0.269. The molecule has 0 aliphatic heterocycles. The zero-order valence-corrected chi connectivity index (χ0v) is 20.8. The average molecular weight is 461 g/mol. The lowest BCUT2D eigenvalue weighted by Gasteiger charge is -2.45. The molecule has 3 heteroatoms. The highest BCUT2D eigenvalue weighted by Crippen LogP contribution is 2.50. The highest BCUT2D eigenvalue weighted by atomic mass is 19.3. The Morgan fingerprint density at radius 1 is 0.727 bits per heavy atom. The molecule has 1 nitrogen and oxygen atoms in total. The summed E-state index contributed by atoms with van der Waals surface area (Å²) >= 11 is 0. The molecule has 3 fully saturated rings. The summed E-state index contributed by atoms with van der Waals surface area (Å²) in [5, 5.41) is 0. The van der Waals surface area contributed by atoms with E-state index in [1.807, 2.05) is 12.1 Å². The third-order valence-corrected chi connectivity index (χ3v) is 9.49. The molecule has 0 N–H and O–H groups in total. The van der Waals surface area contributed by atoms with Crippen molar-refractivity contribution in [1.29, 1.82) is 0 Å². The molecule has 3 saturated carbocycles. The van der Waals surface area contributed by atoms with Gasteiger partial charge in [-0.25, -0.2) is 0 Å². The van der Waals surface area contributed by atoms with Gasteiger partial charge >= 0.3 is 6.61 Å². The third kappa shape index (κ3) is 7.18. The first kappa shape index (κ1) is 25.0. The molecule has 0 aromatic heterocycles. The maximum Gasteiger partial charge on any atom is 0.387 e. The van der Waals surface area contributed by atoms with Gasteiger partial charge < -0.3 is 4.74 Å².